The van der Waals surface area contributed by atoms with Crippen LogP contribution in [0.25, 0.3) is 0 Å². The van der Waals surface area contributed by atoms with Gasteiger partial charge in [-0.1, -0.05) is 35.2 Å². The Morgan fingerprint density at radius 1 is 1.58 bits per heavy atom. The van der Waals surface area contributed by atoms with Crippen molar-refractivity contribution in [1.29, 1.82) is 0 Å². The smallest absolute Gasteiger partial charge is 0.0345 e. The average molecular weight is 226 g/mol. The fourth-order valence-electron chi connectivity index (χ4n) is 1.06. The summed E-state index contributed by atoms with van der Waals surface area (Å²) in [5.74, 6) is 0. The van der Waals surface area contributed by atoms with E-state index in [1.54, 1.807) is 0 Å². The topological polar surface area (TPSA) is 12.0 Å². The molecule has 0 radical (unpaired) electrons. The molecule has 2 heteroatoms. The summed E-state index contributed by atoms with van der Waals surface area (Å²) in [4.78, 5) is 0. The first-order valence-electron chi connectivity index (χ1n) is 3.80. The molecule has 64 valence electrons. The monoisotopic (exact) mass is 225 g/mol. The van der Waals surface area contributed by atoms with E-state index in [4.69, 9.17) is 0 Å². The SMILES string of the molecule is C=C1C/C(=C/C(Br)=C\C)C(=C)N1. The van der Waals surface area contributed by atoms with Gasteiger partial charge in [-0.05, 0) is 18.6 Å². The maximum atomic E-state index is 3.89. The van der Waals surface area contributed by atoms with E-state index >= 15 is 0 Å². The Bertz CT molecular complexity index is 284. The van der Waals surface area contributed by atoms with Crippen LogP contribution in [0, 0.1) is 0 Å². The van der Waals surface area contributed by atoms with Gasteiger partial charge in [-0.25, -0.2) is 0 Å². The van der Waals surface area contributed by atoms with Crippen LogP contribution in [-0.2, 0) is 0 Å². The Balaban J connectivity index is 2.83. The minimum atomic E-state index is 0.877. The molecular formula is C10H12BrN. The minimum absolute atomic E-state index is 0.877. The molecule has 0 unspecified atom stereocenters. The lowest BCUT2D eigenvalue weighted by Crippen LogP contribution is -1.99. The van der Waals surface area contributed by atoms with E-state index in [2.05, 4.69) is 40.5 Å². The second-order valence-corrected chi connectivity index (χ2v) is 3.64. The molecule has 0 saturated carbocycles. The second-order valence-electron chi connectivity index (χ2n) is 2.73. The van der Waals surface area contributed by atoms with Crippen LogP contribution < -0.4 is 5.32 Å². The van der Waals surface area contributed by atoms with E-state index in [-0.39, 0.29) is 0 Å². The third-order valence-corrected chi connectivity index (χ3v) is 2.39. The van der Waals surface area contributed by atoms with Crippen LogP contribution in [0.1, 0.15) is 13.3 Å². The lowest BCUT2D eigenvalue weighted by molar-refractivity contribution is 1.07. The van der Waals surface area contributed by atoms with Gasteiger partial charge in [0.25, 0.3) is 0 Å². The van der Waals surface area contributed by atoms with Crippen molar-refractivity contribution in [3.8, 4) is 0 Å². The Morgan fingerprint density at radius 2 is 2.25 bits per heavy atom. The molecule has 12 heavy (non-hydrogen) atoms. The summed E-state index contributed by atoms with van der Waals surface area (Å²) in [6.45, 7) is 9.71. The van der Waals surface area contributed by atoms with Crippen molar-refractivity contribution in [2.75, 3.05) is 0 Å². The molecule has 1 aliphatic rings. The average Bonchev–Trinajstić information content (AvgIpc) is 2.30. The molecule has 0 aromatic heterocycles. The van der Waals surface area contributed by atoms with E-state index in [0.29, 0.717) is 0 Å². The van der Waals surface area contributed by atoms with Gasteiger partial charge in [0, 0.05) is 22.3 Å². The zero-order valence-electron chi connectivity index (χ0n) is 7.15. The van der Waals surface area contributed by atoms with Gasteiger partial charge in [0.15, 0.2) is 0 Å². The first-order valence-corrected chi connectivity index (χ1v) is 4.59. The van der Waals surface area contributed by atoms with E-state index < -0.39 is 0 Å². The highest BCUT2D eigenvalue weighted by atomic mass is 79.9. The standard InChI is InChI=1S/C10H12BrN/c1-4-10(11)6-9-5-7(2)12-8(9)3/h4,6,12H,2-3,5H2,1H3/b9-6-,10-4+. The highest BCUT2D eigenvalue weighted by molar-refractivity contribution is 9.11. The molecule has 1 aliphatic heterocycles. The highest BCUT2D eigenvalue weighted by Crippen LogP contribution is 2.25. The molecule has 0 spiro atoms. The maximum Gasteiger partial charge on any atom is 0.0345 e. The van der Waals surface area contributed by atoms with E-state index in [0.717, 1.165) is 22.3 Å². The highest BCUT2D eigenvalue weighted by Gasteiger charge is 2.13. The summed E-state index contributed by atoms with van der Waals surface area (Å²) in [5.41, 5.74) is 3.17. The molecule has 1 N–H and O–H groups in total. The van der Waals surface area contributed by atoms with Crippen molar-refractivity contribution in [2.24, 2.45) is 0 Å². The normalized spacial score (nSPS) is 21.8. The van der Waals surface area contributed by atoms with Crippen molar-refractivity contribution in [3.05, 3.63) is 46.8 Å². The molecule has 1 heterocycles. The molecule has 1 rings (SSSR count). The summed E-state index contributed by atoms with van der Waals surface area (Å²) in [6.07, 6.45) is 4.94. The second kappa shape index (κ2) is 3.76. The van der Waals surface area contributed by atoms with Crippen molar-refractivity contribution in [3.63, 3.8) is 0 Å². The number of hydrogen-bond acceptors (Lipinski definition) is 1. The third kappa shape index (κ3) is 2.11. The van der Waals surface area contributed by atoms with Crippen LogP contribution in [0.3, 0.4) is 0 Å². The quantitative estimate of drug-likeness (QED) is 0.723. The van der Waals surface area contributed by atoms with Gasteiger partial charge in [0.05, 0.1) is 0 Å². The zero-order valence-corrected chi connectivity index (χ0v) is 8.74. The van der Waals surface area contributed by atoms with Crippen LogP contribution in [0.15, 0.2) is 46.8 Å². The fraction of sp³-hybridized carbons (Fsp3) is 0.200. The van der Waals surface area contributed by atoms with Gasteiger partial charge in [-0.3, -0.25) is 0 Å². The molecular weight excluding hydrogens is 214 g/mol. The Hall–Kier alpha value is -0.760. The van der Waals surface area contributed by atoms with Gasteiger partial charge >= 0.3 is 0 Å². The molecule has 0 atom stereocenters. The lowest BCUT2D eigenvalue weighted by Gasteiger charge is -1.96. The molecule has 0 aromatic carbocycles. The van der Waals surface area contributed by atoms with Crippen molar-refractivity contribution < 1.29 is 0 Å². The van der Waals surface area contributed by atoms with Gasteiger partial charge in [-0.15, -0.1) is 0 Å². The minimum Gasteiger partial charge on any atom is -0.359 e. The van der Waals surface area contributed by atoms with Gasteiger partial charge in [-0.2, -0.15) is 0 Å². The summed E-state index contributed by atoms with van der Waals surface area (Å²) >= 11 is 3.42. The summed E-state index contributed by atoms with van der Waals surface area (Å²) < 4.78 is 1.08. The van der Waals surface area contributed by atoms with Crippen molar-refractivity contribution >= 4 is 15.9 Å². The van der Waals surface area contributed by atoms with E-state index in [9.17, 15) is 0 Å². The number of nitrogens with one attached hydrogen (secondary N) is 1. The first kappa shape index (κ1) is 9.33. The summed E-state index contributed by atoms with van der Waals surface area (Å²) in [6, 6.07) is 0. The van der Waals surface area contributed by atoms with E-state index in [1.165, 1.54) is 5.57 Å². The molecule has 0 aromatic rings. The molecule has 1 fully saturated rings. The van der Waals surface area contributed by atoms with Crippen molar-refractivity contribution in [2.45, 2.75) is 13.3 Å². The molecule has 0 amide bonds. The van der Waals surface area contributed by atoms with Crippen molar-refractivity contribution in [1.82, 2.24) is 5.32 Å². The first-order chi connectivity index (χ1) is 5.63. The number of rotatable bonds is 1. The Labute approximate surface area is 81.7 Å². The van der Waals surface area contributed by atoms with Crippen LogP contribution in [0.4, 0.5) is 0 Å². The number of hydrogen-bond donors (Lipinski definition) is 1. The number of halogens is 1. The van der Waals surface area contributed by atoms with Crippen LogP contribution >= 0.6 is 15.9 Å². The maximum absolute atomic E-state index is 3.89. The van der Waals surface area contributed by atoms with Gasteiger partial charge in [0.2, 0.25) is 0 Å². The predicted octanol–water partition coefficient (Wildman–Crippen LogP) is 3.23. The fourth-order valence-corrected chi connectivity index (χ4v) is 1.34. The molecule has 1 saturated heterocycles. The molecule has 1 nitrogen and oxygen atoms in total. The van der Waals surface area contributed by atoms with Crippen LogP contribution in [0.5, 0.6) is 0 Å². The Morgan fingerprint density at radius 3 is 2.67 bits per heavy atom. The van der Waals surface area contributed by atoms with E-state index in [1.807, 2.05) is 13.0 Å². The zero-order chi connectivity index (χ0) is 9.14. The van der Waals surface area contributed by atoms with Crippen LogP contribution in [-0.4, -0.2) is 0 Å². The lowest BCUT2D eigenvalue weighted by atomic mass is 10.1. The largest absolute Gasteiger partial charge is 0.359 e. The number of allylic oxidation sites excluding steroid dienone is 5. The predicted molar refractivity (Wildman–Crippen MR) is 56.8 cm³/mol. The van der Waals surface area contributed by atoms with Gasteiger partial charge in [0.1, 0.15) is 0 Å². The van der Waals surface area contributed by atoms with Gasteiger partial charge < -0.3 is 5.32 Å². The molecule has 0 bridgehead atoms. The Kier molecular flexibility index (Phi) is 2.93. The summed E-state index contributed by atoms with van der Waals surface area (Å²) in [7, 11) is 0. The summed E-state index contributed by atoms with van der Waals surface area (Å²) in [5, 5.41) is 3.09. The molecule has 0 aliphatic carbocycles. The van der Waals surface area contributed by atoms with Crippen LogP contribution in [0.2, 0.25) is 0 Å². The third-order valence-electron chi connectivity index (χ3n) is 1.71.